The summed E-state index contributed by atoms with van der Waals surface area (Å²) in [7, 11) is 3.81. The Balaban J connectivity index is 2.76. The van der Waals surface area contributed by atoms with E-state index in [2.05, 4.69) is 32.0 Å². The van der Waals surface area contributed by atoms with Gasteiger partial charge in [-0.2, -0.15) is 0 Å². The first kappa shape index (κ1) is 14.6. The summed E-state index contributed by atoms with van der Waals surface area (Å²) in [5.41, 5.74) is 3.54. The molecule has 1 aromatic rings. The number of carbonyl (C=O) groups excluding carboxylic acids is 1. The van der Waals surface area contributed by atoms with Crippen LogP contribution in [-0.2, 0) is 4.79 Å². The van der Waals surface area contributed by atoms with Crippen LogP contribution in [0, 0.1) is 13.8 Å². The van der Waals surface area contributed by atoms with Gasteiger partial charge >= 0.3 is 0 Å². The summed E-state index contributed by atoms with van der Waals surface area (Å²) in [6, 6.07) is 6.59. The van der Waals surface area contributed by atoms with Gasteiger partial charge in [0.15, 0.2) is 0 Å². The zero-order valence-corrected chi connectivity index (χ0v) is 12.3. The number of amides is 1. The topological polar surface area (TPSA) is 23.6 Å². The normalized spacial score (nSPS) is 10.6. The summed E-state index contributed by atoms with van der Waals surface area (Å²) in [4.78, 5) is 15.8. The number of nitrogens with zero attached hydrogens (tertiary/aromatic N) is 2. The van der Waals surface area contributed by atoms with Gasteiger partial charge in [-0.1, -0.05) is 6.07 Å². The van der Waals surface area contributed by atoms with Crippen molar-refractivity contribution >= 4 is 11.6 Å². The van der Waals surface area contributed by atoms with Crippen LogP contribution >= 0.6 is 0 Å². The van der Waals surface area contributed by atoms with Crippen LogP contribution in [0.1, 0.15) is 25.0 Å². The molecule has 1 rings (SSSR count). The first-order valence-electron chi connectivity index (χ1n) is 6.36. The molecule has 0 saturated heterocycles. The summed E-state index contributed by atoms with van der Waals surface area (Å²) in [5.74, 6) is 0.145. The van der Waals surface area contributed by atoms with Crippen LogP contribution in [-0.4, -0.2) is 37.5 Å². The Morgan fingerprint density at radius 2 is 1.61 bits per heavy atom. The Hall–Kier alpha value is -1.51. The number of rotatable bonds is 4. The second kappa shape index (κ2) is 5.89. The molecule has 0 aromatic heterocycles. The largest absolute Gasteiger partial charge is 0.365 e. The fourth-order valence-electron chi connectivity index (χ4n) is 1.86. The van der Waals surface area contributed by atoms with Crippen molar-refractivity contribution in [2.24, 2.45) is 0 Å². The summed E-state index contributed by atoms with van der Waals surface area (Å²) in [6.07, 6.45) is 0. The number of benzene rings is 1. The van der Waals surface area contributed by atoms with Crippen molar-refractivity contribution in [1.82, 2.24) is 4.90 Å². The predicted molar refractivity (Wildman–Crippen MR) is 77.1 cm³/mol. The molecule has 0 saturated carbocycles. The van der Waals surface area contributed by atoms with Crippen molar-refractivity contribution in [3.8, 4) is 0 Å². The van der Waals surface area contributed by atoms with Gasteiger partial charge < -0.3 is 9.80 Å². The average Bonchev–Trinajstić information content (AvgIpc) is 2.26. The third-order valence-electron chi connectivity index (χ3n) is 3.19. The number of hydrogen-bond acceptors (Lipinski definition) is 2. The van der Waals surface area contributed by atoms with E-state index in [-0.39, 0.29) is 11.9 Å². The van der Waals surface area contributed by atoms with Gasteiger partial charge in [0.2, 0.25) is 5.91 Å². The minimum Gasteiger partial charge on any atom is -0.365 e. The van der Waals surface area contributed by atoms with Crippen LogP contribution in [0.5, 0.6) is 0 Å². The molecule has 0 heterocycles. The molecule has 0 fully saturated rings. The minimum absolute atomic E-state index is 0.145. The lowest BCUT2D eigenvalue weighted by Gasteiger charge is -2.26. The molecular formula is C15H24N2O. The predicted octanol–water partition coefficient (Wildman–Crippen LogP) is 2.61. The van der Waals surface area contributed by atoms with Crippen molar-refractivity contribution in [3.63, 3.8) is 0 Å². The summed E-state index contributed by atoms with van der Waals surface area (Å²) in [5, 5.41) is 0. The van der Waals surface area contributed by atoms with Gasteiger partial charge in [0.1, 0.15) is 0 Å². The fourth-order valence-corrected chi connectivity index (χ4v) is 1.86. The molecule has 0 N–H and O–H groups in total. The van der Waals surface area contributed by atoms with Crippen molar-refractivity contribution in [1.29, 1.82) is 0 Å². The van der Waals surface area contributed by atoms with E-state index in [0.717, 1.165) is 5.69 Å². The van der Waals surface area contributed by atoms with E-state index < -0.39 is 0 Å². The van der Waals surface area contributed by atoms with E-state index in [1.165, 1.54) is 11.1 Å². The van der Waals surface area contributed by atoms with Crippen LogP contribution in [0.15, 0.2) is 18.2 Å². The molecule has 18 heavy (non-hydrogen) atoms. The highest BCUT2D eigenvalue weighted by Crippen LogP contribution is 2.17. The van der Waals surface area contributed by atoms with Gasteiger partial charge in [-0.3, -0.25) is 4.79 Å². The van der Waals surface area contributed by atoms with Gasteiger partial charge in [0.25, 0.3) is 0 Å². The average molecular weight is 248 g/mol. The molecule has 3 nitrogen and oxygen atoms in total. The van der Waals surface area contributed by atoms with Crippen LogP contribution in [0.4, 0.5) is 5.69 Å². The maximum atomic E-state index is 12.0. The Labute approximate surface area is 110 Å². The summed E-state index contributed by atoms with van der Waals surface area (Å²) < 4.78 is 0. The molecule has 0 aliphatic carbocycles. The van der Waals surface area contributed by atoms with Crippen molar-refractivity contribution in [2.45, 2.75) is 33.7 Å². The Kier molecular flexibility index (Phi) is 4.76. The van der Waals surface area contributed by atoms with Crippen LogP contribution < -0.4 is 4.90 Å². The number of likely N-dealkylation sites (N-methyl/N-ethyl adjacent to an activating group) is 2. The number of anilines is 1. The van der Waals surface area contributed by atoms with Crippen LogP contribution in [0.2, 0.25) is 0 Å². The van der Waals surface area contributed by atoms with Crippen molar-refractivity contribution in [3.05, 3.63) is 29.3 Å². The van der Waals surface area contributed by atoms with Crippen LogP contribution in [0.25, 0.3) is 0 Å². The second-order valence-electron chi connectivity index (χ2n) is 5.30. The molecule has 0 aliphatic rings. The van der Waals surface area contributed by atoms with Crippen molar-refractivity contribution < 1.29 is 4.79 Å². The zero-order chi connectivity index (χ0) is 13.9. The standard InChI is InChI=1S/C15H24N2O/c1-11(2)17(6)15(18)10-16(5)14-8-12(3)7-13(4)9-14/h7-9,11H,10H2,1-6H3. The second-order valence-corrected chi connectivity index (χ2v) is 5.30. The molecule has 0 bridgehead atoms. The highest BCUT2D eigenvalue weighted by atomic mass is 16.2. The third-order valence-corrected chi connectivity index (χ3v) is 3.19. The smallest absolute Gasteiger partial charge is 0.242 e. The third kappa shape index (κ3) is 3.76. The van der Waals surface area contributed by atoms with Gasteiger partial charge in [-0.05, 0) is 51.0 Å². The summed E-state index contributed by atoms with van der Waals surface area (Å²) >= 11 is 0. The van der Waals surface area contributed by atoms with E-state index in [1.54, 1.807) is 4.90 Å². The Bertz CT molecular complexity index is 406. The lowest BCUT2D eigenvalue weighted by molar-refractivity contribution is -0.129. The minimum atomic E-state index is 0.145. The van der Waals surface area contributed by atoms with Gasteiger partial charge in [-0.15, -0.1) is 0 Å². The molecule has 0 radical (unpaired) electrons. The zero-order valence-electron chi connectivity index (χ0n) is 12.3. The summed E-state index contributed by atoms with van der Waals surface area (Å²) in [6.45, 7) is 8.61. The molecule has 100 valence electrons. The van der Waals surface area contributed by atoms with E-state index in [4.69, 9.17) is 0 Å². The van der Waals surface area contributed by atoms with E-state index >= 15 is 0 Å². The maximum Gasteiger partial charge on any atom is 0.242 e. The molecule has 1 aromatic carbocycles. The lowest BCUT2D eigenvalue weighted by Crippen LogP contribution is -2.40. The van der Waals surface area contributed by atoms with E-state index in [0.29, 0.717) is 6.54 Å². The lowest BCUT2D eigenvalue weighted by atomic mass is 10.1. The fraction of sp³-hybridized carbons (Fsp3) is 0.533. The van der Waals surface area contributed by atoms with Gasteiger partial charge in [-0.25, -0.2) is 0 Å². The molecule has 0 unspecified atom stereocenters. The Morgan fingerprint density at radius 3 is 2.06 bits per heavy atom. The van der Waals surface area contributed by atoms with Crippen molar-refractivity contribution in [2.75, 3.05) is 25.5 Å². The molecular weight excluding hydrogens is 224 g/mol. The van der Waals surface area contributed by atoms with Crippen LogP contribution in [0.3, 0.4) is 0 Å². The Morgan fingerprint density at radius 1 is 1.11 bits per heavy atom. The maximum absolute atomic E-state index is 12.0. The monoisotopic (exact) mass is 248 g/mol. The number of aryl methyl sites for hydroxylation is 2. The van der Waals surface area contributed by atoms with E-state index in [9.17, 15) is 4.79 Å². The highest BCUT2D eigenvalue weighted by Gasteiger charge is 2.14. The molecule has 1 amide bonds. The number of carbonyl (C=O) groups is 1. The molecule has 0 aliphatic heterocycles. The van der Waals surface area contributed by atoms with E-state index in [1.807, 2.05) is 32.8 Å². The highest BCUT2D eigenvalue weighted by molar-refractivity contribution is 5.81. The SMILES string of the molecule is Cc1cc(C)cc(N(C)CC(=O)N(C)C(C)C)c1. The van der Waals surface area contributed by atoms with Gasteiger partial charge in [0.05, 0.1) is 6.54 Å². The van der Waals surface area contributed by atoms with Gasteiger partial charge in [0, 0.05) is 25.8 Å². The number of hydrogen-bond donors (Lipinski definition) is 0. The first-order valence-corrected chi connectivity index (χ1v) is 6.36. The molecule has 0 atom stereocenters. The molecule has 3 heteroatoms. The molecule has 0 spiro atoms. The quantitative estimate of drug-likeness (QED) is 0.817. The first-order chi connectivity index (χ1) is 8.31.